The molecule has 2 rings (SSSR count). The molecule has 2 aromatic rings. The standard InChI is InChI=1S/C9H7N3O3/c1-5-2-7-6(3-8(5)12(14)15)9(13)4-10-11-7/h2-4H,1H3,(H,11,13). The molecule has 0 spiro atoms. The maximum Gasteiger partial charge on any atom is 0.273 e. The third-order valence-electron chi connectivity index (χ3n) is 2.17. The van der Waals surface area contributed by atoms with Gasteiger partial charge >= 0.3 is 0 Å². The van der Waals surface area contributed by atoms with Crippen LogP contribution in [-0.4, -0.2) is 15.1 Å². The molecule has 0 fully saturated rings. The second-order valence-electron chi connectivity index (χ2n) is 3.18. The first-order chi connectivity index (χ1) is 7.09. The Balaban J connectivity index is 2.90. The number of nitro benzene ring substituents is 1. The van der Waals surface area contributed by atoms with Crippen LogP contribution in [-0.2, 0) is 0 Å². The number of rotatable bonds is 1. The summed E-state index contributed by atoms with van der Waals surface area (Å²) in [6.07, 6.45) is 1.10. The zero-order chi connectivity index (χ0) is 11.0. The molecular weight excluding hydrogens is 198 g/mol. The summed E-state index contributed by atoms with van der Waals surface area (Å²) >= 11 is 0. The maximum absolute atomic E-state index is 11.4. The molecule has 6 heteroatoms. The average molecular weight is 205 g/mol. The lowest BCUT2D eigenvalue weighted by Gasteiger charge is -1.99. The predicted molar refractivity (Wildman–Crippen MR) is 53.8 cm³/mol. The number of aromatic nitrogens is 2. The molecule has 76 valence electrons. The van der Waals surface area contributed by atoms with E-state index in [0.29, 0.717) is 11.1 Å². The van der Waals surface area contributed by atoms with Crippen LogP contribution in [0.3, 0.4) is 0 Å². The third kappa shape index (κ3) is 1.45. The minimum absolute atomic E-state index is 0.0563. The molecule has 1 heterocycles. The molecule has 15 heavy (non-hydrogen) atoms. The van der Waals surface area contributed by atoms with Crippen LogP contribution in [0.15, 0.2) is 23.1 Å². The number of aryl methyl sites for hydroxylation is 1. The number of benzene rings is 1. The monoisotopic (exact) mass is 205 g/mol. The topological polar surface area (TPSA) is 88.9 Å². The van der Waals surface area contributed by atoms with E-state index in [1.807, 2.05) is 0 Å². The first-order valence-corrected chi connectivity index (χ1v) is 4.22. The quantitative estimate of drug-likeness (QED) is 0.558. The fraction of sp³-hybridized carbons (Fsp3) is 0.111. The fourth-order valence-electron chi connectivity index (χ4n) is 1.42. The minimum atomic E-state index is -0.505. The smallest absolute Gasteiger partial charge is 0.273 e. The van der Waals surface area contributed by atoms with Gasteiger partial charge in [0.05, 0.1) is 22.0 Å². The molecule has 0 amide bonds. The Morgan fingerprint density at radius 3 is 2.87 bits per heavy atom. The van der Waals surface area contributed by atoms with Crippen molar-refractivity contribution in [1.82, 2.24) is 10.2 Å². The molecule has 0 radical (unpaired) electrons. The molecule has 0 bridgehead atoms. The average Bonchev–Trinajstić information content (AvgIpc) is 2.16. The molecule has 0 unspecified atom stereocenters. The van der Waals surface area contributed by atoms with Gasteiger partial charge in [0.2, 0.25) is 5.43 Å². The van der Waals surface area contributed by atoms with Gasteiger partial charge in [-0.2, -0.15) is 5.10 Å². The summed E-state index contributed by atoms with van der Waals surface area (Å²) in [5.41, 5.74) is 0.618. The van der Waals surface area contributed by atoms with Crippen molar-refractivity contribution in [2.24, 2.45) is 0 Å². The Morgan fingerprint density at radius 1 is 1.47 bits per heavy atom. The van der Waals surface area contributed by atoms with E-state index in [9.17, 15) is 14.9 Å². The van der Waals surface area contributed by atoms with Gasteiger partial charge in [0.15, 0.2) is 0 Å². The Kier molecular flexibility index (Phi) is 1.96. The van der Waals surface area contributed by atoms with Gasteiger partial charge in [-0.25, -0.2) is 0 Å². The lowest BCUT2D eigenvalue weighted by molar-refractivity contribution is -0.385. The zero-order valence-corrected chi connectivity index (χ0v) is 7.85. The summed E-state index contributed by atoms with van der Waals surface area (Å²) in [5.74, 6) is 0. The van der Waals surface area contributed by atoms with Crippen molar-refractivity contribution in [2.75, 3.05) is 0 Å². The molecule has 0 saturated heterocycles. The van der Waals surface area contributed by atoms with E-state index < -0.39 is 4.92 Å². The van der Waals surface area contributed by atoms with Crippen LogP contribution in [0, 0.1) is 17.0 Å². The zero-order valence-electron chi connectivity index (χ0n) is 7.85. The van der Waals surface area contributed by atoms with Crippen molar-refractivity contribution < 1.29 is 4.92 Å². The van der Waals surface area contributed by atoms with Gasteiger partial charge in [0.1, 0.15) is 0 Å². The van der Waals surface area contributed by atoms with E-state index in [-0.39, 0.29) is 16.5 Å². The van der Waals surface area contributed by atoms with Gasteiger partial charge in [-0.3, -0.25) is 20.0 Å². The Bertz CT molecular complexity index is 603. The van der Waals surface area contributed by atoms with E-state index in [0.717, 1.165) is 6.20 Å². The lowest BCUT2D eigenvalue weighted by Crippen LogP contribution is -2.04. The lowest BCUT2D eigenvalue weighted by atomic mass is 10.1. The van der Waals surface area contributed by atoms with Crippen LogP contribution < -0.4 is 5.43 Å². The van der Waals surface area contributed by atoms with Crippen molar-refractivity contribution in [3.05, 3.63) is 44.2 Å². The normalized spacial score (nSPS) is 10.5. The summed E-state index contributed by atoms with van der Waals surface area (Å²) in [6.45, 7) is 1.61. The SMILES string of the molecule is Cc1cc2[nH]ncc(=O)c2cc1[N+](=O)[O-]. The predicted octanol–water partition coefficient (Wildman–Crippen LogP) is 1.14. The van der Waals surface area contributed by atoms with Crippen LogP contribution >= 0.6 is 0 Å². The number of nitrogens with one attached hydrogen (secondary N) is 1. The first kappa shape index (κ1) is 9.32. The summed E-state index contributed by atoms with van der Waals surface area (Å²) < 4.78 is 0. The highest BCUT2D eigenvalue weighted by Crippen LogP contribution is 2.21. The van der Waals surface area contributed by atoms with Crippen molar-refractivity contribution >= 4 is 16.6 Å². The van der Waals surface area contributed by atoms with Crippen LogP contribution in [0.2, 0.25) is 0 Å². The number of nitro groups is 1. The van der Waals surface area contributed by atoms with E-state index >= 15 is 0 Å². The first-order valence-electron chi connectivity index (χ1n) is 4.22. The molecule has 0 aliphatic heterocycles. The molecule has 0 aliphatic rings. The van der Waals surface area contributed by atoms with Gasteiger partial charge in [0.25, 0.3) is 5.69 Å². The largest absolute Gasteiger partial charge is 0.287 e. The molecule has 6 nitrogen and oxygen atoms in total. The Morgan fingerprint density at radius 2 is 2.20 bits per heavy atom. The van der Waals surface area contributed by atoms with Crippen LogP contribution in [0.4, 0.5) is 5.69 Å². The van der Waals surface area contributed by atoms with Crippen molar-refractivity contribution in [2.45, 2.75) is 6.92 Å². The molecule has 1 aromatic heterocycles. The number of fused-ring (bicyclic) bond motifs is 1. The van der Waals surface area contributed by atoms with Gasteiger partial charge in [-0.05, 0) is 13.0 Å². The molecule has 0 saturated carbocycles. The number of hydrogen-bond acceptors (Lipinski definition) is 4. The van der Waals surface area contributed by atoms with Crippen LogP contribution in [0.1, 0.15) is 5.56 Å². The van der Waals surface area contributed by atoms with Crippen molar-refractivity contribution in [1.29, 1.82) is 0 Å². The third-order valence-corrected chi connectivity index (χ3v) is 2.17. The number of hydrogen-bond donors (Lipinski definition) is 1. The van der Waals surface area contributed by atoms with Crippen molar-refractivity contribution in [3.8, 4) is 0 Å². The fourth-order valence-corrected chi connectivity index (χ4v) is 1.42. The van der Waals surface area contributed by atoms with E-state index in [1.54, 1.807) is 13.0 Å². The molecule has 1 aromatic carbocycles. The highest BCUT2D eigenvalue weighted by atomic mass is 16.6. The van der Waals surface area contributed by atoms with Gasteiger partial charge in [0, 0.05) is 11.6 Å². The van der Waals surface area contributed by atoms with Crippen LogP contribution in [0.25, 0.3) is 10.9 Å². The van der Waals surface area contributed by atoms with Crippen LogP contribution in [0.5, 0.6) is 0 Å². The Hall–Kier alpha value is -2.24. The van der Waals surface area contributed by atoms with Gasteiger partial charge < -0.3 is 0 Å². The molecular formula is C9H7N3O3. The molecule has 0 aliphatic carbocycles. The Labute approximate surface area is 83.7 Å². The minimum Gasteiger partial charge on any atom is -0.287 e. The second kappa shape index (κ2) is 3.16. The van der Waals surface area contributed by atoms with Crippen molar-refractivity contribution in [3.63, 3.8) is 0 Å². The van der Waals surface area contributed by atoms with Gasteiger partial charge in [-0.1, -0.05) is 0 Å². The van der Waals surface area contributed by atoms with E-state index in [1.165, 1.54) is 6.07 Å². The van der Waals surface area contributed by atoms with E-state index in [2.05, 4.69) is 10.2 Å². The summed E-state index contributed by atoms with van der Waals surface area (Å²) in [6, 6.07) is 2.81. The number of H-pyrrole nitrogens is 1. The molecule has 0 atom stereocenters. The molecule has 1 N–H and O–H groups in total. The van der Waals surface area contributed by atoms with E-state index in [4.69, 9.17) is 0 Å². The van der Waals surface area contributed by atoms with Gasteiger partial charge in [-0.15, -0.1) is 0 Å². The summed E-state index contributed by atoms with van der Waals surface area (Å²) in [4.78, 5) is 21.5. The summed E-state index contributed by atoms with van der Waals surface area (Å²) in [7, 11) is 0. The number of nitrogens with zero attached hydrogens (tertiary/aromatic N) is 2. The highest BCUT2D eigenvalue weighted by Gasteiger charge is 2.12. The summed E-state index contributed by atoms with van der Waals surface area (Å²) in [5, 5.41) is 17.2. The maximum atomic E-state index is 11.4. The second-order valence-corrected chi connectivity index (χ2v) is 3.18. The highest BCUT2D eigenvalue weighted by molar-refractivity contribution is 5.81. The number of aromatic amines is 1.